The lowest BCUT2D eigenvalue weighted by Gasteiger charge is -2.08. The number of rotatable bonds is 4. The molecule has 7 heteroatoms. The van der Waals surface area contributed by atoms with Gasteiger partial charge in [-0.1, -0.05) is 0 Å². The van der Waals surface area contributed by atoms with Gasteiger partial charge in [0.15, 0.2) is 0 Å². The average molecular weight is 277 g/mol. The molecule has 1 heterocycles. The van der Waals surface area contributed by atoms with E-state index in [9.17, 15) is 9.18 Å². The fourth-order valence-electron chi connectivity index (χ4n) is 1.75. The summed E-state index contributed by atoms with van der Waals surface area (Å²) in [6.45, 7) is 1.96. The van der Waals surface area contributed by atoms with Crippen molar-refractivity contribution in [2.24, 2.45) is 7.05 Å². The number of nitrogens with two attached hydrogens (primary N) is 1. The summed E-state index contributed by atoms with van der Waals surface area (Å²) in [6.07, 6.45) is 2.14. The first kappa shape index (κ1) is 14.0. The highest BCUT2D eigenvalue weighted by Crippen LogP contribution is 2.17. The van der Waals surface area contributed by atoms with E-state index >= 15 is 0 Å². The molecule has 0 spiro atoms. The summed E-state index contributed by atoms with van der Waals surface area (Å²) in [7, 11) is 1.83. The molecule has 6 nitrogen and oxygen atoms in total. The quantitative estimate of drug-likeness (QED) is 0.810. The maximum absolute atomic E-state index is 13.5. The van der Waals surface area contributed by atoms with Gasteiger partial charge >= 0.3 is 0 Å². The van der Waals surface area contributed by atoms with Crippen molar-refractivity contribution in [3.05, 3.63) is 41.2 Å². The van der Waals surface area contributed by atoms with E-state index in [-0.39, 0.29) is 17.2 Å². The van der Waals surface area contributed by atoms with E-state index in [2.05, 4.69) is 15.5 Å². The molecule has 0 radical (unpaired) electrons. The lowest BCUT2D eigenvalue weighted by molar-refractivity contribution is 0.0953. The molecule has 2 rings (SSSR count). The van der Waals surface area contributed by atoms with Crippen LogP contribution in [0.15, 0.2) is 18.5 Å². The van der Waals surface area contributed by atoms with Crippen molar-refractivity contribution in [1.82, 2.24) is 20.1 Å². The van der Waals surface area contributed by atoms with Gasteiger partial charge in [0.25, 0.3) is 5.91 Å². The third-order valence-corrected chi connectivity index (χ3v) is 3.09. The van der Waals surface area contributed by atoms with Gasteiger partial charge in [-0.05, 0) is 19.1 Å². The van der Waals surface area contributed by atoms with Crippen LogP contribution in [0.5, 0.6) is 0 Å². The van der Waals surface area contributed by atoms with Gasteiger partial charge in [-0.15, -0.1) is 10.2 Å². The highest BCUT2D eigenvalue weighted by atomic mass is 19.1. The number of halogens is 1. The highest BCUT2D eigenvalue weighted by molar-refractivity contribution is 5.95. The molecular formula is C13H16FN5O. The second kappa shape index (κ2) is 5.68. The number of carbonyl (C=O) groups excluding carboxylic acids is 1. The molecule has 1 amide bonds. The molecule has 0 saturated carbocycles. The number of carbonyl (C=O) groups is 1. The van der Waals surface area contributed by atoms with Crippen LogP contribution in [0.4, 0.5) is 10.1 Å². The van der Waals surface area contributed by atoms with Crippen molar-refractivity contribution in [3.8, 4) is 0 Å². The third-order valence-electron chi connectivity index (χ3n) is 3.09. The number of hydrogen-bond acceptors (Lipinski definition) is 4. The zero-order valence-electron chi connectivity index (χ0n) is 11.4. The van der Waals surface area contributed by atoms with Crippen LogP contribution in [0.2, 0.25) is 0 Å². The zero-order chi connectivity index (χ0) is 14.7. The number of nitrogens with zero attached hydrogens (tertiary/aromatic N) is 3. The molecule has 2 aromatic rings. The van der Waals surface area contributed by atoms with E-state index in [0.717, 1.165) is 5.82 Å². The van der Waals surface area contributed by atoms with Crippen molar-refractivity contribution in [3.63, 3.8) is 0 Å². The number of amides is 1. The van der Waals surface area contributed by atoms with Crippen LogP contribution < -0.4 is 11.1 Å². The number of benzene rings is 1. The summed E-state index contributed by atoms with van der Waals surface area (Å²) in [5, 5.41) is 10.3. The van der Waals surface area contributed by atoms with Crippen LogP contribution in [0.1, 0.15) is 21.7 Å². The summed E-state index contributed by atoms with van der Waals surface area (Å²) in [6, 6.07) is 2.65. The second-order valence-electron chi connectivity index (χ2n) is 4.54. The summed E-state index contributed by atoms with van der Waals surface area (Å²) in [5.41, 5.74) is 6.47. The first-order valence-electron chi connectivity index (χ1n) is 6.15. The molecule has 0 unspecified atom stereocenters. The first-order valence-corrected chi connectivity index (χ1v) is 6.15. The van der Waals surface area contributed by atoms with Crippen molar-refractivity contribution >= 4 is 11.6 Å². The predicted molar refractivity (Wildman–Crippen MR) is 72.6 cm³/mol. The Morgan fingerprint density at radius 3 is 2.85 bits per heavy atom. The fraction of sp³-hybridized carbons (Fsp3) is 0.308. The smallest absolute Gasteiger partial charge is 0.251 e. The minimum Gasteiger partial charge on any atom is -0.398 e. The Balaban J connectivity index is 1.97. The molecule has 0 aliphatic heterocycles. The Kier molecular flexibility index (Phi) is 3.97. The van der Waals surface area contributed by atoms with E-state index in [1.165, 1.54) is 12.1 Å². The van der Waals surface area contributed by atoms with Crippen LogP contribution in [-0.4, -0.2) is 27.2 Å². The first-order chi connectivity index (χ1) is 9.49. The van der Waals surface area contributed by atoms with Crippen LogP contribution in [0, 0.1) is 12.7 Å². The molecule has 0 saturated heterocycles. The molecule has 106 valence electrons. The molecule has 0 aliphatic carbocycles. The van der Waals surface area contributed by atoms with Crippen molar-refractivity contribution in [1.29, 1.82) is 0 Å². The van der Waals surface area contributed by atoms with Gasteiger partial charge in [0.05, 0.1) is 0 Å². The maximum Gasteiger partial charge on any atom is 0.251 e. The van der Waals surface area contributed by atoms with Crippen LogP contribution >= 0.6 is 0 Å². The number of anilines is 1. The highest BCUT2D eigenvalue weighted by Gasteiger charge is 2.11. The van der Waals surface area contributed by atoms with Crippen LogP contribution in [0.25, 0.3) is 0 Å². The topological polar surface area (TPSA) is 85.8 Å². The standard InChI is InChI=1S/C13H16FN5O/c1-8-10(14)5-9(6-11(8)15)13(20)16-4-3-12-18-17-7-19(12)2/h5-7H,3-4,15H2,1-2H3,(H,16,20). The van der Waals surface area contributed by atoms with Crippen LogP contribution in [-0.2, 0) is 13.5 Å². The molecular weight excluding hydrogens is 261 g/mol. The molecule has 0 bridgehead atoms. The van der Waals surface area contributed by atoms with Crippen molar-refractivity contribution in [2.75, 3.05) is 12.3 Å². The summed E-state index contributed by atoms with van der Waals surface area (Å²) in [4.78, 5) is 11.9. The molecule has 3 N–H and O–H groups in total. The van der Waals surface area contributed by atoms with Gasteiger partial charge in [0.1, 0.15) is 18.0 Å². The largest absolute Gasteiger partial charge is 0.398 e. The zero-order valence-corrected chi connectivity index (χ0v) is 11.4. The number of hydrogen-bond donors (Lipinski definition) is 2. The minimum atomic E-state index is -0.483. The van der Waals surface area contributed by atoms with Crippen molar-refractivity contribution < 1.29 is 9.18 Å². The lowest BCUT2D eigenvalue weighted by Crippen LogP contribution is -2.26. The number of aromatic nitrogens is 3. The van der Waals surface area contributed by atoms with E-state index in [0.29, 0.717) is 18.5 Å². The molecule has 0 aliphatic rings. The molecule has 20 heavy (non-hydrogen) atoms. The second-order valence-corrected chi connectivity index (χ2v) is 4.54. The SMILES string of the molecule is Cc1c(N)cc(C(=O)NCCc2nncn2C)cc1F. The Morgan fingerprint density at radius 2 is 2.25 bits per heavy atom. The normalized spacial score (nSPS) is 10.6. The van der Waals surface area contributed by atoms with Gasteiger partial charge in [0, 0.05) is 36.8 Å². The average Bonchev–Trinajstić information content (AvgIpc) is 2.81. The van der Waals surface area contributed by atoms with Gasteiger partial charge in [-0.2, -0.15) is 0 Å². The Bertz CT molecular complexity index is 614. The lowest BCUT2D eigenvalue weighted by atomic mass is 10.1. The predicted octanol–water partition coefficient (Wildman–Crippen LogP) is 0.817. The van der Waals surface area contributed by atoms with Gasteiger partial charge in [0.2, 0.25) is 0 Å². The Morgan fingerprint density at radius 1 is 1.50 bits per heavy atom. The number of nitrogen functional groups attached to an aromatic ring is 1. The van der Waals surface area contributed by atoms with Gasteiger partial charge in [-0.3, -0.25) is 4.79 Å². The number of nitrogens with one attached hydrogen (secondary N) is 1. The van der Waals surface area contributed by atoms with Crippen LogP contribution in [0.3, 0.4) is 0 Å². The maximum atomic E-state index is 13.5. The molecule has 0 atom stereocenters. The minimum absolute atomic E-state index is 0.212. The van der Waals surface area contributed by atoms with E-state index in [1.807, 2.05) is 7.05 Å². The van der Waals surface area contributed by atoms with Gasteiger partial charge < -0.3 is 15.6 Å². The molecule has 1 aromatic carbocycles. The number of aryl methyl sites for hydroxylation is 1. The van der Waals surface area contributed by atoms with Gasteiger partial charge in [-0.25, -0.2) is 4.39 Å². The fourth-order valence-corrected chi connectivity index (χ4v) is 1.75. The van der Waals surface area contributed by atoms with Crippen molar-refractivity contribution in [2.45, 2.75) is 13.3 Å². The van der Waals surface area contributed by atoms with E-state index in [1.54, 1.807) is 17.8 Å². The summed E-state index contributed by atoms with van der Waals surface area (Å²) >= 11 is 0. The Hall–Kier alpha value is -2.44. The summed E-state index contributed by atoms with van der Waals surface area (Å²) < 4.78 is 15.3. The van der Waals surface area contributed by atoms with E-state index < -0.39 is 5.82 Å². The summed E-state index contributed by atoms with van der Waals surface area (Å²) in [5.74, 6) is -0.0823. The van der Waals surface area contributed by atoms with E-state index in [4.69, 9.17) is 5.73 Å². The molecule has 0 fully saturated rings. The monoisotopic (exact) mass is 277 g/mol. The molecule has 1 aromatic heterocycles. The Labute approximate surface area is 115 Å². The third kappa shape index (κ3) is 2.93.